The lowest BCUT2D eigenvalue weighted by molar-refractivity contribution is 0.0854. The second-order valence-electron chi connectivity index (χ2n) is 11.1. The maximum absolute atomic E-state index is 11.7. The number of ether oxygens (including phenoxy) is 3. The van der Waals surface area contributed by atoms with E-state index in [1.807, 2.05) is 97.1 Å². The van der Waals surface area contributed by atoms with Crippen LogP contribution >= 0.6 is 0 Å². The number of hydrogen-bond acceptors (Lipinski definition) is 5. The van der Waals surface area contributed by atoms with Crippen LogP contribution in [-0.2, 0) is 26.2 Å². The molecule has 1 N–H and O–H groups in total. The zero-order valence-corrected chi connectivity index (χ0v) is 25.5. The molecule has 0 saturated heterocycles. The van der Waals surface area contributed by atoms with Gasteiger partial charge in [0, 0.05) is 25.2 Å². The minimum atomic E-state index is -0.753. The van der Waals surface area contributed by atoms with Crippen molar-refractivity contribution in [1.82, 2.24) is 4.90 Å². The second-order valence-corrected chi connectivity index (χ2v) is 11.1. The van der Waals surface area contributed by atoms with Crippen LogP contribution in [0, 0.1) is 0 Å². The Morgan fingerprint density at radius 2 is 1.09 bits per heavy atom. The summed E-state index contributed by atoms with van der Waals surface area (Å²) in [6, 6.07) is 44.7. The SMILES string of the molecule is COc1ccc(C[C@@H](C)N(Cc2ccccc2)C[C@@H](O)c2cc(OCc3ccccc3)cc(OCc3ccccc3)c2)cc1. The molecule has 226 valence electrons. The van der Waals surface area contributed by atoms with E-state index in [1.165, 1.54) is 11.1 Å². The maximum Gasteiger partial charge on any atom is 0.123 e. The third-order valence-electron chi connectivity index (χ3n) is 7.73. The molecule has 5 nitrogen and oxygen atoms in total. The van der Waals surface area contributed by atoms with Gasteiger partial charge in [-0.25, -0.2) is 0 Å². The van der Waals surface area contributed by atoms with Crippen molar-refractivity contribution >= 4 is 0 Å². The minimum Gasteiger partial charge on any atom is -0.497 e. The van der Waals surface area contributed by atoms with E-state index in [0.29, 0.717) is 31.3 Å². The highest BCUT2D eigenvalue weighted by molar-refractivity contribution is 5.40. The lowest BCUT2D eigenvalue weighted by Crippen LogP contribution is -2.37. The van der Waals surface area contributed by atoms with Crippen LogP contribution in [0.4, 0.5) is 0 Å². The zero-order chi connectivity index (χ0) is 30.6. The Balaban J connectivity index is 1.36. The molecule has 5 aromatic rings. The van der Waals surface area contributed by atoms with Gasteiger partial charge in [0.15, 0.2) is 0 Å². The number of nitrogens with zero attached hydrogens (tertiary/aromatic N) is 1. The average molecular weight is 588 g/mol. The molecule has 5 heteroatoms. The molecule has 0 saturated carbocycles. The van der Waals surface area contributed by atoms with Gasteiger partial charge in [-0.2, -0.15) is 0 Å². The molecule has 0 radical (unpaired) electrons. The topological polar surface area (TPSA) is 51.2 Å². The van der Waals surface area contributed by atoms with Gasteiger partial charge in [-0.05, 0) is 65.4 Å². The number of aliphatic hydroxyl groups is 1. The fourth-order valence-electron chi connectivity index (χ4n) is 5.21. The first kappa shape index (κ1) is 30.9. The van der Waals surface area contributed by atoms with E-state index < -0.39 is 6.10 Å². The van der Waals surface area contributed by atoms with Crippen LogP contribution in [0.25, 0.3) is 0 Å². The third kappa shape index (κ3) is 9.21. The molecule has 2 atom stereocenters. The molecule has 44 heavy (non-hydrogen) atoms. The minimum absolute atomic E-state index is 0.171. The lowest BCUT2D eigenvalue weighted by atomic mass is 10.0. The van der Waals surface area contributed by atoms with E-state index in [4.69, 9.17) is 14.2 Å². The van der Waals surface area contributed by atoms with Crippen molar-refractivity contribution in [3.05, 3.63) is 161 Å². The summed E-state index contributed by atoms with van der Waals surface area (Å²) < 4.78 is 17.8. The fourth-order valence-corrected chi connectivity index (χ4v) is 5.21. The largest absolute Gasteiger partial charge is 0.497 e. The van der Waals surface area contributed by atoms with E-state index in [1.54, 1.807) is 7.11 Å². The van der Waals surface area contributed by atoms with Crippen molar-refractivity contribution in [1.29, 1.82) is 0 Å². The van der Waals surface area contributed by atoms with Crippen LogP contribution in [0.3, 0.4) is 0 Å². The molecule has 0 aliphatic rings. The molecule has 0 aliphatic carbocycles. The van der Waals surface area contributed by atoms with E-state index in [0.717, 1.165) is 35.4 Å². The first-order valence-corrected chi connectivity index (χ1v) is 15.1. The molecule has 5 rings (SSSR count). The normalized spacial score (nSPS) is 12.5. The van der Waals surface area contributed by atoms with Crippen LogP contribution in [0.1, 0.15) is 40.8 Å². The Hall–Kier alpha value is -4.58. The van der Waals surface area contributed by atoms with Gasteiger partial charge in [0.05, 0.1) is 13.2 Å². The van der Waals surface area contributed by atoms with Gasteiger partial charge in [0.1, 0.15) is 30.5 Å². The number of rotatable bonds is 15. The predicted molar refractivity (Wildman–Crippen MR) is 176 cm³/mol. The van der Waals surface area contributed by atoms with Crippen molar-refractivity contribution in [2.45, 2.75) is 45.2 Å². The lowest BCUT2D eigenvalue weighted by Gasteiger charge is -2.31. The summed E-state index contributed by atoms with van der Waals surface area (Å²) in [5.41, 5.74) is 5.33. The van der Waals surface area contributed by atoms with Crippen LogP contribution in [0.5, 0.6) is 17.2 Å². The molecule has 5 aromatic carbocycles. The maximum atomic E-state index is 11.7. The van der Waals surface area contributed by atoms with Gasteiger partial charge in [0.25, 0.3) is 0 Å². The molecule has 0 bridgehead atoms. The molecule has 0 aliphatic heterocycles. The van der Waals surface area contributed by atoms with Gasteiger partial charge in [-0.15, -0.1) is 0 Å². The number of hydrogen-bond donors (Lipinski definition) is 1. The first-order valence-electron chi connectivity index (χ1n) is 15.1. The monoisotopic (exact) mass is 587 g/mol. The van der Waals surface area contributed by atoms with Crippen molar-refractivity contribution in [2.75, 3.05) is 13.7 Å². The summed E-state index contributed by atoms with van der Waals surface area (Å²) in [5.74, 6) is 2.17. The molecule has 0 fully saturated rings. The molecule has 0 unspecified atom stereocenters. The van der Waals surface area contributed by atoms with Gasteiger partial charge < -0.3 is 19.3 Å². The third-order valence-corrected chi connectivity index (χ3v) is 7.73. The van der Waals surface area contributed by atoms with Crippen LogP contribution in [-0.4, -0.2) is 29.7 Å². The highest BCUT2D eigenvalue weighted by Crippen LogP contribution is 2.30. The Labute approximate surface area is 261 Å². The zero-order valence-electron chi connectivity index (χ0n) is 25.5. The summed E-state index contributed by atoms with van der Waals surface area (Å²) in [6.07, 6.45) is 0.0891. The van der Waals surface area contributed by atoms with Crippen molar-refractivity contribution in [3.8, 4) is 17.2 Å². The predicted octanol–water partition coefficient (Wildman–Crippen LogP) is 8.02. The Bertz CT molecular complexity index is 1480. The summed E-state index contributed by atoms with van der Waals surface area (Å²) >= 11 is 0. The average Bonchev–Trinajstić information content (AvgIpc) is 3.07. The number of benzene rings is 5. The Kier molecular flexibility index (Phi) is 11.1. The smallest absolute Gasteiger partial charge is 0.123 e. The van der Waals surface area contributed by atoms with Gasteiger partial charge in [-0.3, -0.25) is 4.90 Å². The molecule has 0 spiro atoms. The summed E-state index contributed by atoms with van der Waals surface area (Å²) in [4.78, 5) is 2.34. The molecular weight excluding hydrogens is 546 g/mol. The summed E-state index contributed by atoms with van der Waals surface area (Å²) in [6.45, 7) is 4.24. The van der Waals surface area contributed by atoms with Crippen LogP contribution < -0.4 is 14.2 Å². The van der Waals surface area contributed by atoms with Gasteiger partial charge in [-0.1, -0.05) is 103 Å². The first-order chi connectivity index (χ1) is 21.6. The molecular formula is C39H41NO4. The molecule has 0 heterocycles. The van der Waals surface area contributed by atoms with Crippen molar-refractivity contribution < 1.29 is 19.3 Å². The van der Waals surface area contributed by atoms with E-state index >= 15 is 0 Å². The highest BCUT2D eigenvalue weighted by atomic mass is 16.5. The van der Waals surface area contributed by atoms with E-state index in [9.17, 15) is 5.11 Å². The Morgan fingerprint density at radius 3 is 1.59 bits per heavy atom. The fraction of sp³-hybridized carbons (Fsp3) is 0.231. The van der Waals surface area contributed by atoms with Crippen LogP contribution in [0.2, 0.25) is 0 Å². The van der Waals surface area contributed by atoms with Gasteiger partial charge in [0.2, 0.25) is 0 Å². The van der Waals surface area contributed by atoms with Crippen molar-refractivity contribution in [2.24, 2.45) is 0 Å². The van der Waals surface area contributed by atoms with Gasteiger partial charge >= 0.3 is 0 Å². The standard InChI is InChI=1S/C39H41NO4/c1-30(22-31-18-20-36(42-2)21-19-31)40(26-32-12-6-3-7-13-32)27-39(41)35-23-37(43-28-33-14-8-4-9-15-33)25-38(24-35)44-29-34-16-10-5-11-17-34/h3-21,23-25,30,39,41H,22,26-29H2,1-2H3/t30-,39-/m1/s1. The quantitative estimate of drug-likeness (QED) is 0.134. The van der Waals surface area contributed by atoms with E-state index in [2.05, 4.69) is 48.2 Å². The molecule has 0 amide bonds. The Morgan fingerprint density at radius 1 is 0.591 bits per heavy atom. The highest BCUT2D eigenvalue weighted by Gasteiger charge is 2.21. The number of methoxy groups -OCH3 is 1. The summed E-state index contributed by atoms with van der Waals surface area (Å²) in [5, 5.41) is 11.7. The number of aliphatic hydroxyl groups excluding tert-OH is 1. The van der Waals surface area contributed by atoms with Crippen molar-refractivity contribution in [3.63, 3.8) is 0 Å². The van der Waals surface area contributed by atoms with E-state index in [-0.39, 0.29) is 6.04 Å². The van der Waals surface area contributed by atoms with Crippen LogP contribution in [0.15, 0.2) is 133 Å². The summed E-state index contributed by atoms with van der Waals surface area (Å²) in [7, 11) is 1.68. The molecule has 0 aromatic heterocycles. The second kappa shape index (κ2) is 15.8.